The van der Waals surface area contributed by atoms with Gasteiger partial charge in [0.1, 0.15) is 6.54 Å². The summed E-state index contributed by atoms with van der Waals surface area (Å²) in [6, 6.07) is 4.60. The maximum Gasteiger partial charge on any atom is 0.171 e. The molecule has 0 N–H and O–H groups in total. The van der Waals surface area contributed by atoms with Crippen molar-refractivity contribution >= 4 is 0 Å². The molecule has 0 saturated carbocycles. The number of rotatable bonds is 30. The summed E-state index contributed by atoms with van der Waals surface area (Å²) < 4.78 is 2.44. The van der Waals surface area contributed by atoms with Crippen molar-refractivity contribution in [2.24, 2.45) is 0 Å². The Bertz CT molecular complexity index is 580. The molecule has 0 aromatic carbocycles. The number of unbranched alkanes of at least 4 members (excludes halogenated alkanes) is 26. The van der Waals surface area contributed by atoms with Crippen LogP contribution in [0.25, 0.3) is 0 Å². The highest BCUT2D eigenvalue weighted by molar-refractivity contribution is 5.05. The maximum atomic E-state index is 2.44. The molecule has 222 valence electrons. The van der Waals surface area contributed by atoms with Crippen molar-refractivity contribution in [1.29, 1.82) is 0 Å². The molecule has 0 atom stereocenters. The second-order valence-electron chi connectivity index (χ2n) is 12.4. The Kier molecular flexibility index (Phi) is 27.0. The molecular weight excluding hydrogens is 458 g/mol. The van der Waals surface area contributed by atoms with Crippen molar-refractivity contribution in [3.63, 3.8) is 0 Å². The fourth-order valence-electron chi connectivity index (χ4n) is 5.88. The van der Waals surface area contributed by atoms with Gasteiger partial charge in [-0.25, -0.2) is 4.57 Å². The van der Waals surface area contributed by atoms with E-state index in [-0.39, 0.29) is 0 Å². The van der Waals surface area contributed by atoms with Gasteiger partial charge in [0.2, 0.25) is 0 Å². The first-order chi connectivity index (χ1) is 18.9. The third-order valence-corrected chi connectivity index (χ3v) is 8.51. The minimum Gasteiger partial charge on any atom is -0.205 e. The summed E-state index contributed by atoms with van der Waals surface area (Å²) in [6.45, 7) is 5.81. The van der Waals surface area contributed by atoms with Crippen molar-refractivity contribution < 1.29 is 4.57 Å². The van der Waals surface area contributed by atoms with E-state index in [1.807, 2.05) is 0 Å². The SMILES string of the molecule is CCCCCCCCCCCCCCCCCCCc1ccc[n+](CCCCCCCCCCCCC)c1. The van der Waals surface area contributed by atoms with Gasteiger partial charge in [0.05, 0.1) is 0 Å². The highest BCUT2D eigenvalue weighted by atomic mass is 14.9. The van der Waals surface area contributed by atoms with Gasteiger partial charge in [-0.3, -0.25) is 0 Å². The zero-order chi connectivity index (χ0) is 27.2. The monoisotopic (exact) mass is 529 g/mol. The Balaban J connectivity index is 1.86. The van der Waals surface area contributed by atoms with E-state index in [1.165, 1.54) is 198 Å². The molecule has 0 unspecified atom stereocenters. The van der Waals surface area contributed by atoms with E-state index < -0.39 is 0 Å². The zero-order valence-electron chi connectivity index (χ0n) is 26.5. The van der Waals surface area contributed by atoms with Crippen LogP contribution in [-0.2, 0) is 13.0 Å². The van der Waals surface area contributed by atoms with E-state index >= 15 is 0 Å². The molecule has 0 aliphatic carbocycles. The van der Waals surface area contributed by atoms with E-state index in [0.717, 1.165) is 0 Å². The van der Waals surface area contributed by atoms with Gasteiger partial charge in [0, 0.05) is 18.1 Å². The lowest BCUT2D eigenvalue weighted by Crippen LogP contribution is -2.33. The lowest BCUT2D eigenvalue weighted by atomic mass is 10.0. The summed E-state index contributed by atoms with van der Waals surface area (Å²) in [5, 5.41) is 0. The smallest absolute Gasteiger partial charge is 0.171 e. The van der Waals surface area contributed by atoms with Crippen LogP contribution in [0.15, 0.2) is 24.5 Å². The highest BCUT2D eigenvalue weighted by Gasteiger charge is 2.03. The van der Waals surface area contributed by atoms with Gasteiger partial charge in [0.25, 0.3) is 0 Å². The summed E-state index contributed by atoms with van der Waals surface area (Å²) in [7, 11) is 0. The molecule has 1 aromatic heterocycles. The molecule has 0 radical (unpaired) electrons. The molecule has 38 heavy (non-hydrogen) atoms. The molecule has 0 aliphatic rings. The normalized spacial score (nSPS) is 11.4. The van der Waals surface area contributed by atoms with Crippen LogP contribution in [0, 0.1) is 0 Å². The Morgan fingerprint density at radius 3 is 1.16 bits per heavy atom. The van der Waals surface area contributed by atoms with E-state index in [4.69, 9.17) is 0 Å². The summed E-state index contributed by atoms with van der Waals surface area (Å²) in [6.07, 6.45) is 46.3. The van der Waals surface area contributed by atoms with E-state index in [9.17, 15) is 0 Å². The van der Waals surface area contributed by atoms with E-state index in [2.05, 4.69) is 42.9 Å². The van der Waals surface area contributed by atoms with Crippen molar-refractivity contribution in [2.45, 2.75) is 207 Å². The first-order valence-corrected chi connectivity index (χ1v) is 17.8. The lowest BCUT2D eigenvalue weighted by molar-refractivity contribution is -0.697. The average molecular weight is 529 g/mol. The predicted molar refractivity (Wildman–Crippen MR) is 171 cm³/mol. The molecule has 0 saturated heterocycles. The van der Waals surface area contributed by atoms with E-state index in [1.54, 1.807) is 0 Å². The first-order valence-electron chi connectivity index (χ1n) is 17.8. The summed E-state index contributed by atoms with van der Waals surface area (Å²) in [5.41, 5.74) is 1.54. The molecule has 1 rings (SSSR count). The van der Waals surface area contributed by atoms with Gasteiger partial charge in [-0.05, 0) is 25.3 Å². The molecule has 1 heteroatoms. The molecule has 0 amide bonds. The molecule has 0 aliphatic heterocycles. The molecule has 0 fully saturated rings. The van der Waals surface area contributed by atoms with Gasteiger partial charge < -0.3 is 0 Å². The second-order valence-corrected chi connectivity index (χ2v) is 12.4. The lowest BCUT2D eigenvalue weighted by Gasteiger charge is -2.04. The van der Waals surface area contributed by atoms with Crippen LogP contribution in [-0.4, -0.2) is 0 Å². The fraction of sp³-hybridized carbons (Fsp3) is 0.865. The van der Waals surface area contributed by atoms with Crippen LogP contribution < -0.4 is 4.57 Å². The van der Waals surface area contributed by atoms with Crippen molar-refractivity contribution in [3.05, 3.63) is 30.1 Å². The van der Waals surface area contributed by atoms with Crippen molar-refractivity contribution in [3.8, 4) is 0 Å². The number of hydrogen-bond acceptors (Lipinski definition) is 0. The van der Waals surface area contributed by atoms with Gasteiger partial charge in [-0.1, -0.05) is 174 Å². The minimum atomic E-state index is 1.20. The Morgan fingerprint density at radius 2 is 0.763 bits per heavy atom. The number of pyridine rings is 1. The summed E-state index contributed by atoms with van der Waals surface area (Å²) >= 11 is 0. The molecule has 1 heterocycles. The van der Waals surface area contributed by atoms with Crippen molar-refractivity contribution in [1.82, 2.24) is 0 Å². The Morgan fingerprint density at radius 1 is 0.421 bits per heavy atom. The van der Waals surface area contributed by atoms with Gasteiger partial charge >= 0.3 is 0 Å². The third-order valence-electron chi connectivity index (χ3n) is 8.51. The van der Waals surface area contributed by atoms with E-state index in [0.29, 0.717) is 0 Å². The largest absolute Gasteiger partial charge is 0.205 e. The summed E-state index contributed by atoms with van der Waals surface area (Å²) in [5.74, 6) is 0. The van der Waals surface area contributed by atoms with Crippen LogP contribution in [0.4, 0.5) is 0 Å². The standard InChI is InChI=1S/C37H70N/c1-3-5-7-9-11-13-15-16-17-18-19-20-21-23-25-27-29-32-37-33-31-35-38(36-37)34-30-28-26-24-22-14-12-10-8-6-4-2/h31,33,35-36H,3-30,32,34H2,1-2H3/q+1. The second kappa shape index (κ2) is 29.1. The quantitative estimate of drug-likeness (QED) is 0.0690. The van der Waals surface area contributed by atoms with Gasteiger partial charge in [-0.15, -0.1) is 0 Å². The first kappa shape index (κ1) is 35.2. The van der Waals surface area contributed by atoms with Gasteiger partial charge in [0.15, 0.2) is 12.4 Å². The summed E-state index contributed by atoms with van der Waals surface area (Å²) in [4.78, 5) is 0. The molecule has 0 spiro atoms. The van der Waals surface area contributed by atoms with Crippen LogP contribution in [0.5, 0.6) is 0 Å². The number of aromatic nitrogens is 1. The minimum absolute atomic E-state index is 1.20. The highest BCUT2D eigenvalue weighted by Crippen LogP contribution is 2.15. The third kappa shape index (κ3) is 24.2. The number of aryl methyl sites for hydroxylation is 2. The van der Waals surface area contributed by atoms with Crippen molar-refractivity contribution in [2.75, 3.05) is 0 Å². The fourth-order valence-corrected chi connectivity index (χ4v) is 5.88. The van der Waals surface area contributed by atoms with Crippen LogP contribution in [0.1, 0.15) is 199 Å². The van der Waals surface area contributed by atoms with Crippen LogP contribution in [0.3, 0.4) is 0 Å². The number of hydrogen-bond donors (Lipinski definition) is 0. The Hall–Kier alpha value is -0.850. The maximum absolute atomic E-state index is 2.44. The molecular formula is C37H70N+. The Labute approximate surface area is 241 Å². The number of nitrogens with zero attached hydrogens (tertiary/aromatic N) is 1. The van der Waals surface area contributed by atoms with Gasteiger partial charge in [-0.2, -0.15) is 0 Å². The van der Waals surface area contributed by atoms with Crippen LogP contribution >= 0.6 is 0 Å². The molecule has 1 aromatic rings. The van der Waals surface area contributed by atoms with Crippen LogP contribution in [0.2, 0.25) is 0 Å². The average Bonchev–Trinajstić information content (AvgIpc) is 2.93. The molecule has 1 nitrogen and oxygen atoms in total. The molecule has 0 bridgehead atoms. The zero-order valence-corrected chi connectivity index (χ0v) is 26.5. The topological polar surface area (TPSA) is 3.88 Å². The predicted octanol–water partition coefficient (Wildman–Crippen LogP) is 12.5.